The number of aryl methyl sites for hydroxylation is 2. The Labute approximate surface area is 96.7 Å². The molecule has 0 saturated carbocycles. The lowest BCUT2D eigenvalue weighted by Crippen LogP contribution is -2.21. The summed E-state index contributed by atoms with van der Waals surface area (Å²) in [4.78, 5) is 2.78. The fraction of sp³-hybridized carbons (Fsp3) is 0.667. The van der Waals surface area contributed by atoms with Crippen molar-refractivity contribution < 1.29 is 4.74 Å². The highest BCUT2D eigenvalue weighted by molar-refractivity contribution is 7.12. The first-order valence-electron chi connectivity index (χ1n) is 5.51. The summed E-state index contributed by atoms with van der Waals surface area (Å²) >= 11 is 1.86. The fourth-order valence-corrected chi connectivity index (χ4v) is 2.56. The van der Waals surface area contributed by atoms with E-state index in [2.05, 4.69) is 32.2 Å². The number of thiophene rings is 1. The number of likely N-dealkylation sites (N-methyl/N-ethyl adjacent to an activating group) is 1. The molecule has 0 saturated heterocycles. The normalized spacial score (nSPS) is 13.1. The number of nitrogens with one attached hydrogen (secondary N) is 1. The molecule has 0 aromatic carbocycles. The average molecular weight is 227 g/mol. The van der Waals surface area contributed by atoms with E-state index in [0.717, 1.165) is 19.6 Å². The molecule has 0 aliphatic heterocycles. The summed E-state index contributed by atoms with van der Waals surface area (Å²) in [5.74, 6) is 0. The molecule has 86 valence electrons. The highest BCUT2D eigenvalue weighted by Gasteiger charge is 2.12. The molecule has 1 N–H and O–H groups in total. The quantitative estimate of drug-likeness (QED) is 0.754. The standard InChI is InChI=1S/C12H21NOS/c1-5-6-14-8-11(13-4)12-7-9(2)10(3)15-12/h7,11,13H,5-6,8H2,1-4H3. The maximum atomic E-state index is 5.58. The predicted molar refractivity (Wildman–Crippen MR) is 66.7 cm³/mol. The molecule has 2 nitrogen and oxygen atoms in total. The van der Waals surface area contributed by atoms with E-state index in [1.807, 2.05) is 18.4 Å². The van der Waals surface area contributed by atoms with Gasteiger partial charge in [-0.3, -0.25) is 0 Å². The minimum Gasteiger partial charge on any atom is -0.379 e. The first-order chi connectivity index (χ1) is 7.19. The smallest absolute Gasteiger partial charge is 0.0669 e. The minimum absolute atomic E-state index is 0.342. The Balaban J connectivity index is 2.57. The fourth-order valence-electron chi connectivity index (χ4n) is 1.43. The summed E-state index contributed by atoms with van der Waals surface area (Å²) in [6, 6.07) is 2.60. The summed E-state index contributed by atoms with van der Waals surface area (Å²) in [6.07, 6.45) is 1.08. The lowest BCUT2D eigenvalue weighted by molar-refractivity contribution is 0.115. The summed E-state index contributed by atoms with van der Waals surface area (Å²) < 4.78 is 5.58. The summed E-state index contributed by atoms with van der Waals surface area (Å²) in [7, 11) is 1.99. The number of ether oxygens (including phenoxy) is 1. The van der Waals surface area contributed by atoms with E-state index in [4.69, 9.17) is 4.74 Å². The number of rotatable bonds is 6. The van der Waals surface area contributed by atoms with Crippen LogP contribution in [0, 0.1) is 13.8 Å². The van der Waals surface area contributed by atoms with Crippen LogP contribution in [-0.2, 0) is 4.74 Å². The second-order valence-electron chi connectivity index (χ2n) is 3.80. The molecule has 1 heterocycles. The van der Waals surface area contributed by atoms with E-state index < -0.39 is 0 Å². The zero-order chi connectivity index (χ0) is 11.3. The van der Waals surface area contributed by atoms with E-state index in [9.17, 15) is 0 Å². The van der Waals surface area contributed by atoms with Gasteiger partial charge in [0.1, 0.15) is 0 Å². The lowest BCUT2D eigenvalue weighted by Gasteiger charge is -2.14. The average Bonchev–Trinajstić information content (AvgIpc) is 2.54. The van der Waals surface area contributed by atoms with Gasteiger partial charge in [-0.15, -0.1) is 11.3 Å². The molecule has 3 heteroatoms. The van der Waals surface area contributed by atoms with Crippen LogP contribution in [0.4, 0.5) is 0 Å². The van der Waals surface area contributed by atoms with E-state index in [0.29, 0.717) is 6.04 Å². The molecule has 1 aromatic rings. The maximum Gasteiger partial charge on any atom is 0.0669 e. The van der Waals surface area contributed by atoms with Gasteiger partial charge in [0.15, 0.2) is 0 Å². The molecule has 0 fully saturated rings. The molecule has 0 spiro atoms. The van der Waals surface area contributed by atoms with E-state index in [1.165, 1.54) is 15.3 Å². The second-order valence-corrected chi connectivity index (χ2v) is 5.09. The van der Waals surface area contributed by atoms with Crippen molar-refractivity contribution in [3.05, 3.63) is 21.4 Å². The zero-order valence-corrected chi connectivity index (χ0v) is 10.9. The Hall–Kier alpha value is -0.380. The van der Waals surface area contributed by atoms with Crippen LogP contribution in [0.2, 0.25) is 0 Å². The van der Waals surface area contributed by atoms with Crippen LogP contribution in [-0.4, -0.2) is 20.3 Å². The molecule has 0 amide bonds. The molecule has 0 aliphatic carbocycles. The van der Waals surface area contributed by atoms with Crippen LogP contribution in [0.5, 0.6) is 0 Å². The van der Waals surface area contributed by atoms with Crippen LogP contribution < -0.4 is 5.32 Å². The van der Waals surface area contributed by atoms with Crippen molar-refractivity contribution in [1.29, 1.82) is 0 Å². The van der Waals surface area contributed by atoms with Crippen molar-refractivity contribution in [2.75, 3.05) is 20.3 Å². The second kappa shape index (κ2) is 6.26. The summed E-state index contributed by atoms with van der Waals surface area (Å²) in [6.45, 7) is 8.08. The third-order valence-electron chi connectivity index (χ3n) is 2.51. The van der Waals surface area contributed by atoms with Crippen molar-refractivity contribution in [2.45, 2.75) is 33.2 Å². The Kier molecular flexibility index (Phi) is 5.29. The van der Waals surface area contributed by atoms with E-state index in [1.54, 1.807) is 0 Å². The van der Waals surface area contributed by atoms with Crippen LogP contribution >= 0.6 is 11.3 Å². The molecule has 1 unspecified atom stereocenters. The molecular formula is C12H21NOS. The molecule has 0 bridgehead atoms. The van der Waals surface area contributed by atoms with Crippen molar-refractivity contribution in [3.8, 4) is 0 Å². The van der Waals surface area contributed by atoms with Gasteiger partial charge in [-0.1, -0.05) is 6.92 Å². The predicted octanol–water partition coefficient (Wildman–Crippen LogP) is 3.05. The molecule has 1 rings (SSSR count). The number of hydrogen-bond acceptors (Lipinski definition) is 3. The lowest BCUT2D eigenvalue weighted by atomic mass is 10.2. The number of hydrogen-bond donors (Lipinski definition) is 1. The van der Waals surface area contributed by atoms with Gasteiger partial charge in [0, 0.05) is 16.4 Å². The highest BCUT2D eigenvalue weighted by atomic mass is 32.1. The molecule has 0 aliphatic rings. The van der Waals surface area contributed by atoms with E-state index in [-0.39, 0.29) is 0 Å². The van der Waals surface area contributed by atoms with Crippen LogP contribution in [0.1, 0.15) is 34.7 Å². The summed E-state index contributed by atoms with van der Waals surface area (Å²) in [5, 5.41) is 3.30. The molecule has 15 heavy (non-hydrogen) atoms. The van der Waals surface area contributed by atoms with Crippen molar-refractivity contribution in [1.82, 2.24) is 5.32 Å². The molecule has 1 aromatic heterocycles. The van der Waals surface area contributed by atoms with Gasteiger partial charge in [-0.25, -0.2) is 0 Å². The van der Waals surface area contributed by atoms with Crippen LogP contribution in [0.15, 0.2) is 6.07 Å². The Morgan fingerprint density at radius 3 is 2.67 bits per heavy atom. The Morgan fingerprint density at radius 1 is 1.47 bits per heavy atom. The molecule has 0 radical (unpaired) electrons. The third-order valence-corrected chi connectivity index (χ3v) is 3.78. The van der Waals surface area contributed by atoms with Crippen molar-refractivity contribution in [2.24, 2.45) is 0 Å². The van der Waals surface area contributed by atoms with Crippen LogP contribution in [0.3, 0.4) is 0 Å². The van der Waals surface area contributed by atoms with Gasteiger partial charge in [-0.2, -0.15) is 0 Å². The largest absolute Gasteiger partial charge is 0.379 e. The van der Waals surface area contributed by atoms with Gasteiger partial charge < -0.3 is 10.1 Å². The zero-order valence-electron chi connectivity index (χ0n) is 10.1. The highest BCUT2D eigenvalue weighted by Crippen LogP contribution is 2.26. The van der Waals surface area contributed by atoms with E-state index >= 15 is 0 Å². The Bertz CT molecular complexity index is 276. The van der Waals surface area contributed by atoms with Gasteiger partial charge in [-0.05, 0) is 38.9 Å². The van der Waals surface area contributed by atoms with Gasteiger partial charge in [0.25, 0.3) is 0 Å². The Morgan fingerprint density at radius 2 is 2.20 bits per heavy atom. The SMILES string of the molecule is CCCOCC(NC)c1cc(C)c(C)s1. The van der Waals surface area contributed by atoms with Gasteiger partial charge in [0.2, 0.25) is 0 Å². The maximum absolute atomic E-state index is 5.58. The van der Waals surface area contributed by atoms with Crippen molar-refractivity contribution in [3.63, 3.8) is 0 Å². The summed E-state index contributed by atoms with van der Waals surface area (Å²) in [5.41, 5.74) is 1.38. The van der Waals surface area contributed by atoms with Gasteiger partial charge >= 0.3 is 0 Å². The topological polar surface area (TPSA) is 21.3 Å². The molecule has 1 atom stereocenters. The molecular weight excluding hydrogens is 206 g/mol. The van der Waals surface area contributed by atoms with Gasteiger partial charge in [0.05, 0.1) is 12.6 Å². The first-order valence-corrected chi connectivity index (χ1v) is 6.32. The van der Waals surface area contributed by atoms with Crippen molar-refractivity contribution >= 4 is 11.3 Å². The minimum atomic E-state index is 0.342. The van der Waals surface area contributed by atoms with Crippen LogP contribution in [0.25, 0.3) is 0 Å². The third kappa shape index (κ3) is 3.59. The monoisotopic (exact) mass is 227 g/mol. The first kappa shape index (κ1) is 12.7.